The number of nitrogens with one attached hydrogen (secondary N) is 1. The predicted octanol–water partition coefficient (Wildman–Crippen LogP) is 1.42. The molecule has 0 saturated carbocycles. The van der Waals surface area contributed by atoms with Crippen LogP contribution >= 0.6 is 0 Å². The molecule has 1 aromatic rings. The van der Waals surface area contributed by atoms with Crippen molar-refractivity contribution in [2.75, 3.05) is 27.2 Å². The van der Waals surface area contributed by atoms with E-state index in [-0.39, 0.29) is 0 Å². The van der Waals surface area contributed by atoms with Crippen LogP contribution in [0.25, 0.3) is 0 Å². The minimum atomic E-state index is -4.78. The summed E-state index contributed by atoms with van der Waals surface area (Å²) in [7, 11) is 4.13. The van der Waals surface area contributed by atoms with Crippen molar-refractivity contribution >= 4 is 0 Å². The van der Waals surface area contributed by atoms with Crippen LogP contribution in [-0.2, 0) is 18.3 Å². The van der Waals surface area contributed by atoms with Crippen LogP contribution in [0, 0.1) is 51.1 Å². The molecular formula is C16H18FeN7. The molecule has 0 atom stereocenters. The number of likely N-dealkylation sites (N-methyl/N-ethyl adjacent to an activating group) is 2. The van der Waals surface area contributed by atoms with Crippen LogP contribution in [-0.4, -0.2) is 32.1 Å². The average molecular weight is 364 g/mol. The minimum absolute atomic E-state index is 1.03. The Hall–Kier alpha value is -2.89. The Bertz CT molecular complexity index is 641. The van der Waals surface area contributed by atoms with Crippen molar-refractivity contribution in [3.63, 3.8) is 0 Å². The van der Waals surface area contributed by atoms with E-state index in [2.05, 4.69) is 47.6 Å². The van der Waals surface area contributed by atoms with E-state index in [1.165, 1.54) is 30.4 Å². The molecule has 0 bridgehead atoms. The molecule has 0 aliphatic carbocycles. The van der Waals surface area contributed by atoms with Gasteiger partial charge in [-0.15, -0.1) is 0 Å². The molecular weight excluding hydrogens is 346 g/mol. The van der Waals surface area contributed by atoms with Gasteiger partial charge in [0.25, 0.3) is 0 Å². The second-order valence-electron chi connectivity index (χ2n) is 4.61. The number of hydrogen-bond donors (Lipinski definition) is 1. The van der Waals surface area contributed by atoms with Gasteiger partial charge in [-0.25, -0.2) is 0 Å². The van der Waals surface area contributed by atoms with Crippen molar-refractivity contribution in [2.24, 2.45) is 0 Å². The Kier molecular flexibility index (Phi) is 8.79. The van der Waals surface area contributed by atoms with Crippen LogP contribution < -0.4 is 5.32 Å². The van der Waals surface area contributed by atoms with Gasteiger partial charge in [0.05, 0.1) is 0 Å². The zero-order chi connectivity index (χ0) is 18.5. The molecule has 0 radical (unpaired) electrons. The van der Waals surface area contributed by atoms with E-state index in [0.717, 1.165) is 19.6 Å². The number of nitrogens with zero attached hydrogens (tertiary/aromatic N) is 6. The molecule has 0 aromatic heterocycles. The fourth-order valence-corrected chi connectivity index (χ4v) is 2.01. The molecule has 24 heavy (non-hydrogen) atoms. The first kappa shape index (κ1) is 21.1. The molecule has 1 N–H and O–H groups in total. The molecule has 8 heteroatoms. The number of rotatable bonds is 5. The third-order valence-corrected chi connectivity index (χ3v) is 5.30. The molecule has 0 amide bonds. The quantitative estimate of drug-likeness (QED) is 0.781. The Morgan fingerprint density at radius 1 is 0.917 bits per heavy atom. The first-order valence-electron chi connectivity index (χ1n) is 6.70. The first-order valence-corrected chi connectivity index (χ1v) is 9.46. The molecule has 0 spiro atoms. The van der Waals surface area contributed by atoms with Crippen molar-refractivity contribution < 1.29 is 11.8 Å². The Balaban J connectivity index is 0.000000449. The van der Waals surface area contributed by atoms with E-state index < -0.39 is 11.8 Å². The van der Waals surface area contributed by atoms with E-state index in [1.54, 1.807) is 0 Å². The SMILES string of the molecule is CNCCN(C)Cc1ccccc1.N#[C][Fe]([C]#N)([C]#N)([C]#N)[C]#N. The number of nitriles is 5. The van der Waals surface area contributed by atoms with Gasteiger partial charge < -0.3 is 10.2 Å². The first-order chi connectivity index (χ1) is 11.4. The molecule has 1 rings (SSSR count). The van der Waals surface area contributed by atoms with Crippen LogP contribution in [0.15, 0.2) is 30.3 Å². The monoisotopic (exact) mass is 364 g/mol. The number of hydrogen-bond acceptors (Lipinski definition) is 7. The summed E-state index contributed by atoms with van der Waals surface area (Å²) in [6, 6.07) is 10.5. The third-order valence-electron chi connectivity index (χ3n) is 2.83. The maximum atomic E-state index is 8.35. The Morgan fingerprint density at radius 2 is 1.38 bits per heavy atom. The normalized spacial score (nSPS) is 11.0. The van der Waals surface area contributed by atoms with Gasteiger partial charge in [0.15, 0.2) is 0 Å². The van der Waals surface area contributed by atoms with Gasteiger partial charge in [0, 0.05) is 19.6 Å². The van der Waals surface area contributed by atoms with Gasteiger partial charge >= 0.3 is 62.9 Å². The molecule has 1 aromatic carbocycles. The topological polar surface area (TPSA) is 134 Å². The summed E-state index contributed by atoms with van der Waals surface area (Å²) in [6.07, 6.45) is 0. The zero-order valence-corrected chi connectivity index (χ0v) is 14.6. The maximum absolute atomic E-state index is 8.35. The van der Waals surface area contributed by atoms with E-state index in [1.807, 2.05) is 7.05 Å². The Labute approximate surface area is 143 Å². The molecule has 7 nitrogen and oxygen atoms in total. The van der Waals surface area contributed by atoms with Gasteiger partial charge in [0.2, 0.25) is 0 Å². The molecule has 0 unspecified atom stereocenters. The van der Waals surface area contributed by atoms with Gasteiger partial charge in [-0.3, -0.25) is 0 Å². The van der Waals surface area contributed by atoms with Gasteiger partial charge in [-0.05, 0) is 19.7 Å². The summed E-state index contributed by atoms with van der Waals surface area (Å²) in [5.41, 5.74) is 1.38. The summed E-state index contributed by atoms with van der Waals surface area (Å²) in [4.78, 5) is 8.44. The predicted molar refractivity (Wildman–Crippen MR) is 84.8 cm³/mol. The van der Waals surface area contributed by atoms with Crippen molar-refractivity contribution in [1.29, 1.82) is 26.3 Å². The van der Waals surface area contributed by atoms with Crippen LogP contribution in [0.4, 0.5) is 0 Å². The second kappa shape index (κ2) is 9.99. The van der Waals surface area contributed by atoms with Crippen molar-refractivity contribution in [3.05, 3.63) is 35.9 Å². The van der Waals surface area contributed by atoms with Crippen LogP contribution in [0.3, 0.4) is 0 Å². The van der Waals surface area contributed by atoms with Gasteiger partial charge in [-0.2, -0.15) is 0 Å². The van der Waals surface area contributed by atoms with Gasteiger partial charge in [-0.1, -0.05) is 30.3 Å². The van der Waals surface area contributed by atoms with Crippen LogP contribution in [0.1, 0.15) is 5.56 Å². The molecule has 0 fully saturated rings. The zero-order valence-electron chi connectivity index (χ0n) is 13.5. The fourth-order valence-electron chi connectivity index (χ4n) is 1.45. The number of benzene rings is 1. The van der Waals surface area contributed by atoms with Crippen molar-refractivity contribution in [2.45, 2.75) is 6.54 Å². The molecule has 0 saturated heterocycles. The standard InChI is InChI=1S/C11H18N2.5CN.Fe/c1-12-8-9-13(2)10-11-6-4-3-5-7-11;5*1-2;/h3-7,12H,8-10H2,1-2H3;;;;;;. The molecule has 0 aliphatic heterocycles. The van der Waals surface area contributed by atoms with E-state index >= 15 is 0 Å². The van der Waals surface area contributed by atoms with E-state index in [9.17, 15) is 0 Å². The van der Waals surface area contributed by atoms with E-state index in [4.69, 9.17) is 26.3 Å². The van der Waals surface area contributed by atoms with Crippen LogP contribution in [0.5, 0.6) is 0 Å². The summed E-state index contributed by atoms with van der Waals surface area (Å²) in [5.74, 6) is 0. The average Bonchev–Trinajstić information content (AvgIpc) is 2.65. The molecule has 0 aliphatic rings. The third kappa shape index (κ3) is 5.72. The summed E-state index contributed by atoms with van der Waals surface area (Å²) < 4.78 is 0. The summed E-state index contributed by atoms with van der Waals surface area (Å²) in [5, 5.41) is 44.9. The molecule has 125 valence electrons. The second-order valence-corrected chi connectivity index (χ2v) is 8.60. The van der Waals surface area contributed by atoms with Crippen LogP contribution in [0.2, 0.25) is 0 Å². The summed E-state index contributed by atoms with van der Waals surface area (Å²) >= 11 is -4.78. The van der Waals surface area contributed by atoms with Gasteiger partial charge in [0.1, 0.15) is 0 Å². The van der Waals surface area contributed by atoms with Crippen molar-refractivity contribution in [3.8, 4) is 24.8 Å². The fraction of sp³-hybridized carbons (Fsp3) is 0.312. The Morgan fingerprint density at radius 3 is 1.71 bits per heavy atom. The molecule has 0 heterocycles. The summed E-state index contributed by atoms with van der Waals surface area (Å²) in [6.45, 7) is 3.16. The van der Waals surface area contributed by atoms with E-state index in [0.29, 0.717) is 0 Å². The van der Waals surface area contributed by atoms with Crippen molar-refractivity contribution in [1.82, 2.24) is 10.2 Å².